The van der Waals surface area contributed by atoms with Crippen molar-refractivity contribution in [3.05, 3.63) is 66.0 Å². The number of benzene rings is 1. The lowest BCUT2D eigenvalue weighted by Crippen LogP contribution is -2.68. The van der Waals surface area contributed by atoms with E-state index in [-0.39, 0.29) is 42.8 Å². The smallest absolute Gasteiger partial charge is 0.227 e. The van der Waals surface area contributed by atoms with Crippen LogP contribution in [0.15, 0.2) is 54.9 Å². The zero-order valence-corrected chi connectivity index (χ0v) is 14.7. The molecule has 0 spiro atoms. The van der Waals surface area contributed by atoms with Crippen LogP contribution in [0.1, 0.15) is 24.0 Å². The molecule has 0 radical (unpaired) electrons. The molecule has 2 N–H and O–H groups in total. The first-order valence-electron chi connectivity index (χ1n) is 8.72. The Bertz CT molecular complexity index is 751. The maximum absolute atomic E-state index is 12.9. The Morgan fingerprint density at radius 1 is 1.12 bits per heavy atom. The molecule has 1 saturated heterocycles. The summed E-state index contributed by atoms with van der Waals surface area (Å²) in [7, 11) is 0. The molecule has 2 amide bonds. The summed E-state index contributed by atoms with van der Waals surface area (Å²) in [5.74, 6) is -0.196. The molecule has 1 aromatic carbocycles. The van der Waals surface area contributed by atoms with Crippen molar-refractivity contribution in [2.45, 2.75) is 31.3 Å². The Balaban J connectivity index is 1.81. The highest BCUT2D eigenvalue weighted by molar-refractivity contribution is 5.81. The second-order valence-electron chi connectivity index (χ2n) is 6.52. The first kappa shape index (κ1) is 18.1. The predicted octanol–water partition coefficient (Wildman–Crippen LogP) is 1.12. The highest BCUT2D eigenvalue weighted by Crippen LogP contribution is 2.40. The molecule has 3 atom stereocenters. The topological polar surface area (TPSA) is 82.5 Å². The second-order valence-corrected chi connectivity index (χ2v) is 6.52. The van der Waals surface area contributed by atoms with Gasteiger partial charge in [0.25, 0.3) is 0 Å². The van der Waals surface area contributed by atoms with Gasteiger partial charge in [0, 0.05) is 31.8 Å². The van der Waals surface area contributed by atoms with Crippen LogP contribution in [0.25, 0.3) is 0 Å². The molecule has 26 heavy (non-hydrogen) atoms. The lowest BCUT2D eigenvalue weighted by Gasteiger charge is -2.55. The third kappa shape index (κ3) is 3.75. The lowest BCUT2D eigenvalue weighted by atomic mass is 9.74. The van der Waals surface area contributed by atoms with Crippen molar-refractivity contribution in [1.82, 2.24) is 15.2 Å². The van der Waals surface area contributed by atoms with Gasteiger partial charge in [-0.25, -0.2) is 0 Å². The molecule has 2 heterocycles. The average Bonchev–Trinajstić information content (AvgIpc) is 2.62. The normalized spacial score (nSPS) is 21.8. The molecule has 136 valence electrons. The molecule has 2 aromatic rings. The van der Waals surface area contributed by atoms with Crippen molar-refractivity contribution < 1.29 is 14.7 Å². The molecule has 0 aliphatic carbocycles. The lowest BCUT2D eigenvalue weighted by molar-refractivity contribution is -0.150. The van der Waals surface area contributed by atoms with Crippen molar-refractivity contribution in [3.8, 4) is 0 Å². The number of nitrogens with one attached hydrogen (secondary N) is 1. The monoisotopic (exact) mass is 353 g/mol. The number of rotatable bonds is 6. The Morgan fingerprint density at radius 3 is 2.42 bits per heavy atom. The molecule has 1 aliphatic rings. The van der Waals surface area contributed by atoms with Gasteiger partial charge in [-0.1, -0.05) is 30.3 Å². The van der Waals surface area contributed by atoms with Gasteiger partial charge >= 0.3 is 0 Å². The fourth-order valence-electron chi connectivity index (χ4n) is 3.68. The van der Waals surface area contributed by atoms with Gasteiger partial charge in [-0.3, -0.25) is 14.6 Å². The minimum Gasteiger partial charge on any atom is -0.394 e. The first-order valence-corrected chi connectivity index (χ1v) is 8.72. The van der Waals surface area contributed by atoms with Gasteiger partial charge < -0.3 is 15.3 Å². The summed E-state index contributed by atoms with van der Waals surface area (Å²) in [4.78, 5) is 29.9. The van der Waals surface area contributed by atoms with Crippen LogP contribution in [0.3, 0.4) is 0 Å². The number of hydrogen-bond donors (Lipinski definition) is 2. The van der Waals surface area contributed by atoms with E-state index in [9.17, 15) is 14.7 Å². The predicted molar refractivity (Wildman–Crippen MR) is 97.3 cm³/mol. The van der Waals surface area contributed by atoms with Gasteiger partial charge in [0.15, 0.2) is 0 Å². The fraction of sp³-hybridized carbons (Fsp3) is 0.350. The number of aromatic nitrogens is 1. The van der Waals surface area contributed by atoms with Crippen molar-refractivity contribution in [2.75, 3.05) is 13.2 Å². The number of likely N-dealkylation sites (tertiary alicyclic amines) is 1. The van der Waals surface area contributed by atoms with Gasteiger partial charge in [-0.2, -0.15) is 0 Å². The number of carbonyl (C=O) groups is 2. The van der Waals surface area contributed by atoms with E-state index >= 15 is 0 Å². The fourth-order valence-corrected chi connectivity index (χ4v) is 3.68. The Hall–Kier alpha value is -2.73. The Morgan fingerprint density at radius 2 is 1.81 bits per heavy atom. The van der Waals surface area contributed by atoms with Crippen LogP contribution < -0.4 is 5.32 Å². The van der Waals surface area contributed by atoms with Crippen molar-refractivity contribution in [2.24, 2.45) is 0 Å². The summed E-state index contributed by atoms with van der Waals surface area (Å²) < 4.78 is 0. The first-order chi connectivity index (χ1) is 12.6. The van der Waals surface area contributed by atoms with Crippen LogP contribution in [-0.4, -0.2) is 52.0 Å². The highest BCUT2D eigenvalue weighted by Gasteiger charge is 2.50. The van der Waals surface area contributed by atoms with Gasteiger partial charge in [0.05, 0.1) is 25.1 Å². The minimum absolute atomic E-state index is 0.00515. The SMILES string of the molecule is CC(=O)NC[C@@H]1[C@@H](c2ccccc2)[C@H](CO)N1C(=O)Cc1ccncc1. The van der Waals surface area contributed by atoms with Crippen LogP contribution >= 0.6 is 0 Å². The summed E-state index contributed by atoms with van der Waals surface area (Å²) in [6.07, 6.45) is 3.56. The number of aliphatic hydroxyl groups excluding tert-OH is 1. The third-order valence-electron chi connectivity index (χ3n) is 4.87. The van der Waals surface area contributed by atoms with E-state index < -0.39 is 0 Å². The zero-order chi connectivity index (χ0) is 18.5. The molecule has 6 heteroatoms. The standard InChI is InChI=1S/C20H23N3O3/c1-14(25)22-12-17-20(16-5-3-2-4-6-16)18(13-24)23(17)19(26)11-15-7-9-21-10-8-15/h2-10,17-18,20,24H,11-13H2,1H3,(H,22,25)/t17-,18+,20-/m1/s1. The molecule has 6 nitrogen and oxygen atoms in total. The molecule has 1 fully saturated rings. The molecule has 3 rings (SSSR count). The van der Waals surface area contributed by atoms with Crippen LogP contribution in [0.2, 0.25) is 0 Å². The zero-order valence-electron chi connectivity index (χ0n) is 14.7. The second kappa shape index (κ2) is 8.10. The van der Waals surface area contributed by atoms with Crippen molar-refractivity contribution >= 4 is 11.8 Å². The van der Waals surface area contributed by atoms with Crippen LogP contribution in [0, 0.1) is 0 Å². The van der Waals surface area contributed by atoms with E-state index in [0.717, 1.165) is 11.1 Å². The summed E-state index contributed by atoms with van der Waals surface area (Å²) >= 11 is 0. The molecule has 0 bridgehead atoms. The molecular formula is C20H23N3O3. The molecular weight excluding hydrogens is 330 g/mol. The number of pyridine rings is 1. The van der Waals surface area contributed by atoms with Gasteiger partial charge in [-0.05, 0) is 23.3 Å². The Kier molecular flexibility index (Phi) is 5.63. The third-order valence-corrected chi connectivity index (χ3v) is 4.87. The number of nitrogens with zero attached hydrogens (tertiary/aromatic N) is 2. The molecule has 1 aliphatic heterocycles. The summed E-state index contributed by atoms with van der Waals surface area (Å²) in [6.45, 7) is 1.72. The van der Waals surface area contributed by atoms with Crippen molar-refractivity contribution in [3.63, 3.8) is 0 Å². The van der Waals surface area contributed by atoms with E-state index in [0.29, 0.717) is 6.54 Å². The van der Waals surface area contributed by atoms with E-state index in [4.69, 9.17) is 0 Å². The summed E-state index contributed by atoms with van der Waals surface area (Å²) in [5, 5.41) is 12.7. The molecule has 0 saturated carbocycles. The van der Waals surface area contributed by atoms with E-state index in [1.54, 1.807) is 17.3 Å². The Labute approximate surface area is 152 Å². The maximum atomic E-state index is 12.9. The molecule has 1 aromatic heterocycles. The molecule has 0 unspecified atom stereocenters. The van der Waals surface area contributed by atoms with Crippen molar-refractivity contribution in [1.29, 1.82) is 0 Å². The number of amides is 2. The number of aliphatic hydroxyl groups is 1. The minimum atomic E-state index is -0.287. The summed E-state index contributed by atoms with van der Waals surface area (Å²) in [5.41, 5.74) is 1.94. The van der Waals surface area contributed by atoms with Crippen LogP contribution in [0.5, 0.6) is 0 Å². The number of carbonyl (C=O) groups excluding carboxylic acids is 2. The van der Waals surface area contributed by atoms with E-state index in [1.165, 1.54) is 6.92 Å². The summed E-state index contributed by atoms with van der Waals surface area (Å²) in [6, 6.07) is 13.0. The van der Waals surface area contributed by atoms with E-state index in [1.807, 2.05) is 42.5 Å². The number of hydrogen-bond acceptors (Lipinski definition) is 4. The van der Waals surface area contributed by atoms with E-state index in [2.05, 4.69) is 10.3 Å². The average molecular weight is 353 g/mol. The quantitative estimate of drug-likeness (QED) is 0.815. The van der Waals surface area contributed by atoms with Crippen LogP contribution in [-0.2, 0) is 16.0 Å². The van der Waals surface area contributed by atoms with Crippen LogP contribution in [0.4, 0.5) is 0 Å². The van der Waals surface area contributed by atoms with Gasteiger partial charge in [-0.15, -0.1) is 0 Å². The largest absolute Gasteiger partial charge is 0.394 e. The van der Waals surface area contributed by atoms with Gasteiger partial charge in [0.1, 0.15) is 0 Å². The maximum Gasteiger partial charge on any atom is 0.227 e. The van der Waals surface area contributed by atoms with Gasteiger partial charge in [0.2, 0.25) is 11.8 Å². The highest BCUT2D eigenvalue weighted by atomic mass is 16.3.